The summed E-state index contributed by atoms with van der Waals surface area (Å²) in [6.07, 6.45) is -9.27. The Kier molecular flexibility index (Phi) is 6.44. The lowest BCUT2D eigenvalue weighted by atomic mass is 9.99. The van der Waals surface area contributed by atoms with E-state index in [1.807, 2.05) is 0 Å². The second-order valence-corrected chi connectivity index (χ2v) is 5.93. The van der Waals surface area contributed by atoms with Crippen LogP contribution in [0.3, 0.4) is 0 Å². The van der Waals surface area contributed by atoms with Crippen LogP contribution < -0.4 is 4.74 Å². The Balaban J connectivity index is 1.95. The molecule has 1 fully saturated rings. The highest BCUT2D eigenvalue weighted by Gasteiger charge is 2.48. The lowest BCUT2D eigenvalue weighted by molar-refractivity contribution is -0.286. The van der Waals surface area contributed by atoms with Crippen molar-refractivity contribution in [3.8, 4) is 5.75 Å². The second-order valence-electron chi connectivity index (χ2n) is 5.09. The van der Waals surface area contributed by atoms with E-state index in [-0.39, 0.29) is 10.8 Å². The summed E-state index contributed by atoms with van der Waals surface area (Å²) >= 11 is 11.6. The van der Waals surface area contributed by atoms with Crippen LogP contribution in [-0.4, -0.2) is 69.7 Å². The van der Waals surface area contributed by atoms with E-state index in [2.05, 4.69) is 0 Å². The van der Waals surface area contributed by atoms with E-state index >= 15 is 0 Å². The van der Waals surface area contributed by atoms with Gasteiger partial charge in [-0.1, -0.05) is 23.2 Å². The number of hydrogen-bond donors (Lipinski definition) is 4. The number of aliphatic carboxylic acids is 1. The maximum absolute atomic E-state index is 11.8. The fourth-order valence-corrected chi connectivity index (χ4v) is 2.50. The van der Waals surface area contributed by atoms with Crippen molar-refractivity contribution in [2.24, 2.45) is 0 Å². The Hall–Kier alpha value is -1.62. The van der Waals surface area contributed by atoms with Crippen molar-refractivity contribution in [1.82, 2.24) is 0 Å². The van der Waals surface area contributed by atoms with Gasteiger partial charge in [0.25, 0.3) is 0 Å². The highest BCUT2D eigenvalue weighted by atomic mass is 35.5. The van der Waals surface area contributed by atoms with Gasteiger partial charge < -0.3 is 34.6 Å². The molecule has 1 saturated heterocycles. The van der Waals surface area contributed by atoms with E-state index < -0.39 is 49.3 Å². The number of rotatable bonds is 5. The summed E-state index contributed by atoms with van der Waals surface area (Å²) in [5.74, 6) is -2.47. The van der Waals surface area contributed by atoms with Crippen LogP contribution in [0.15, 0.2) is 18.2 Å². The van der Waals surface area contributed by atoms with Crippen molar-refractivity contribution in [2.45, 2.75) is 30.7 Å². The minimum absolute atomic E-state index is 0.145. The van der Waals surface area contributed by atoms with E-state index in [1.54, 1.807) is 0 Å². The van der Waals surface area contributed by atoms with Gasteiger partial charge in [0.05, 0.1) is 5.02 Å². The molecule has 0 aromatic heterocycles. The third kappa shape index (κ3) is 4.72. The zero-order valence-electron chi connectivity index (χ0n) is 12.4. The van der Waals surface area contributed by atoms with E-state index in [0.717, 1.165) is 0 Å². The zero-order valence-corrected chi connectivity index (χ0v) is 13.9. The number of halogens is 2. The fourth-order valence-electron chi connectivity index (χ4n) is 2.04. The number of esters is 1. The van der Waals surface area contributed by atoms with Gasteiger partial charge in [0.15, 0.2) is 12.7 Å². The smallest absolute Gasteiger partial charge is 0.346 e. The quantitative estimate of drug-likeness (QED) is 0.497. The average molecular weight is 397 g/mol. The number of aliphatic hydroxyl groups is 3. The molecule has 0 bridgehead atoms. The summed E-state index contributed by atoms with van der Waals surface area (Å²) < 4.78 is 14.7. The van der Waals surface area contributed by atoms with Gasteiger partial charge in [-0.05, 0) is 18.2 Å². The highest BCUT2D eigenvalue weighted by Crippen LogP contribution is 2.27. The zero-order chi connectivity index (χ0) is 18.7. The van der Waals surface area contributed by atoms with Crippen molar-refractivity contribution in [3.63, 3.8) is 0 Å². The predicted octanol–water partition coefficient (Wildman–Crippen LogP) is -0.192. The van der Waals surface area contributed by atoms with Crippen LogP contribution in [-0.2, 0) is 19.1 Å². The molecule has 138 valence electrons. The second kappa shape index (κ2) is 8.17. The first kappa shape index (κ1) is 19.7. The minimum Gasteiger partial charge on any atom is -0.480 e. The van der Waals surface area contributed by atoms with Crippen LogP contribution in [0.1, 0.15) is 0 Å². The molecule has 11 heteroatoms. The predicted molar refractivity (Wildman–Crippen MR) is 82.4 cm³/mol. The number of hydrogen-bond acceptors (Lipinski definition) is 8. The molecule has 9 nitrogen and oxygen atoms in total. The molecular formula is C14H14Cl2O9. The number of benzene rings is 1. The molecule has 5 atom stereocenters. The van der Waals surface area contributed by atoms with Gasteiger partial charge in [0, 0.05) is 5.02 Å². The molecule has 0 saturated carbocycles. The Morgan fingerprint density at radius 2 is 1.80 bits per heavy atom. The monoisotopic (exact) mass is 396 g/mol. The third-order valence-corrected chi connectivity index (χ3v) is 3.83. The van der Waals surface area contributed by atoms with Gasteiger partial charge in [-0.3, -0.25) is 0 Å². The Bertz CT molecular complexity index is 653. The lowest BCUT2D eigenvalue weighted by Gasteiger charge is -2.37. The van der Waals surface area contributed by atoms with Crippen molar-refractivity contribution in [3.05, 3.63) is 28.2 Å². The van der Waals surface area contributed by atoms with Gasteiger partial charge in [-0.25, -0.2) is 9.59 Å². The fraction of sp³-hybridized carbons (Fsp3) is 0.429. The van der Waals surface area contributed by atoms with Crippen LogP contribution in [0.4, 0.5) is 0 Å². The maximum atomic E-state index is 11.8. The molecule has 1 aliphatic heterocycles. The van der Waals surface area contributed by atoms with Gasteiger partial charge in [0.2, 0.25) is 6.29 Å². The Labute approximate surface area is 151 Å². The molecule has 0 aliphatic carbocycles. The lowest BCUT2D eigenvalue weighted by Crippen LogP contribution is -2.60. The molecule has 1 heterocycles. The summed E-state index contributed by atoms with van der Waals surface area (Å²) in [6.45, 7) is -0.635. The van der Waals surface area contributed by atoms with Crippen molar-refractivity contribution >= 4 is 35.1 Å². The number of carbonyl (C=O) groups is 2. The minimum atomic E-state index is -1.88. The first-order chi connectivity index (χ1) is 11.7. The average Bonchev–Trinajstić information content (AvgIpc) is 2.54. The van der Waals surface area contributed by atoms with Gasteiger partial charge in [-0.15, -0.1) is 0 Å². The molecule has 0 radical (unpaired) electrons. The number of carboxylic acid groups (broad SMARTS) is 1. The van der Waals surface area contributed by atoms with Crippen LogP contribution in [0.2, 0.25) is 10.0 Å². The Morgan fingerprint density at radius 3 is 2.40 bits per heavy atom. The number of ether oxygens (including phenoxy) is 3. The van der Waals surface area contributed by atoms with E-state index in [1.165, 1.54) is 18.2 Å². The maximum Gasteiger partial charge on any atom is 0.346 e. The molecule has 1 aromatic carbocycles. The first-order valence-corrected chi connectivity index (χ1v) is 7.66. The molecule has 0 unspecified atom stereocenters. The largest absolute Gasteiger partial charge is 0.480 e. The highest BCUT2D eigenvalue weighted by molar-refractivity contribution is 6.35. The van der Waals surface area contributed by atoms with Crippen molar-refractivity contribution in [2.75, 3.05) is 6.61 Å². The van der Waals surface area contributed by atoms with Crippen LogP contribution in [0, 0.1) is 0 Å². The SMILES string of the molecule is O=C(COc1ccc(Cl)cc1Cl)O[C@@H]1O[C@H](C(=O)O)[C@@H](O)[C@H](O)[C@H]1O. The van der Waals surface area contributed by atoms with E-state index in [9.17, 15) is 24.9 Å². The number of carbonyl (C=O) groups excluding carboxylic acids is 1. The normalized spacial score (nSPS) is 29.1. The summed E-state index contributed by atoms with van der Waals surface area (Å²) in [7, 11) is 0. The molecule has 0 amide bonds. The molecule has 25 heavy (non-hydrogen) atoms. The van der Waals surface area contributed by atoms with Gasteiger partial charge in [0.1, 0.15) is 24.1 Å². The molecule has 1 aromatic rings. The standard InChI is InChI=1S/C14H14Cl2O9/c15-5-1-2-7(6(16)3-5)23-4-8(17)24-14-11(20)9(18)10(19)12(25-14)13(21)22/h1-3,9-12,14,18-20H,4H2,(H,21,22)/t9-,10-,11+,12-,14+/m0/s1. The van der Waals surface area contributed by atoms with Crippen LogP contribution >= 0.6 is 23.2 Å². The molecule has 0 spiro atoms. The van der Waals surface area contributed by atoms with E-state index in [0.29, 0.717) is 5.02 Å². The first-order valence-electron chi connectivity index (χ1n) is 6.90. The third-order valence-electron chi connectivity index (χ3n) is 3.30. The summed E-state index contributed by atoms with van der Waals surface area (Å²) in [4.78, 5) is 22.7. The summed E-state index contributed by atoms with van der Waals surface area (Å²) in [5, 5.41) is 38.3. The molecule has 1 aliphatic rings. The summed E-state index contributed by atoms with van der Waals surface area (Å²) in [5.41, 5.74) is 0. The van der Waals surface area contributed by atoms with Crippen LogP contribution in [0.25, 0.3) is 0 Å². The van der Waals surface area contributed by atoms with Gasteiger partial charge in [-0.2, -0.15) is 0 Å². The Morgan fingerprint density at radius 1 is 1.12 bits per heavy atom. The van der Waals surface area contributed by atoms with Crippen molar-refractivity contribution < 1.29 is 44.2 Å². The molecular weight excluding hydrogens is 383 g/mol. The number of aliphatic hydroxyl groups excluding tert-OH is 3. The summed E-state index contributed by atoms with van der Waals surface area (Å²) in [6, 6.07) is 4.30. The van der Waals surface area contributed by atoms with E-state index in [4.69, 9.17) is 42.5 Å². The number of carboxylic acids is 1. The van der Waals surface area contributed by atoms with Crippen LogP contribution in [0.5, 0.6) is 5.75 Å². The molecule has 4 N–H and O–H groups in total. The molecule has 2 rings (SSSR count). The van der Waals surface area contributed by atoms with Gasteiger partial charge >= 0.3 is 11.9 Å². The topological polar surface area (TPSA) is 143 Å². The van der Waals surface area contributed by atoms with Crippen molar-refractivity contribution in [1.29, 1.82) is 0 Å².